The van der Waals surface area contributed by atoms with E-state index in [-0.39, 0.29) is 36.6 Å². The number of aromatic nitrogens is 2. The molecule has 1 aromatic carbocycles. The Morgan fingerprint density at radius 2 is 1.84 bits per heavy atom. The molecule has 3 aliphatic heterocycles. The minimum Gasteiger partial charge on any atom is -0.341 e. The third-order valence-electron chi connectivity index (χ3n) is 7.50. The van der Waals surface area contributed by atoms with E-state index in [4.69, 9.17) is 0 Å². The molecule has 10 nitrogen and oxygen atoms in total. The van der Waals surface area contributed by atoms with Gasteiger partial charge >= 0.3 is 0 Å². The second-order valence-electron chi connectivity index (χ2n) is 10.4. The topological polar surface area (TPSA) is 125 Å². The molecule has 0 saturated carbocycles. The summed E-state index contributed by atoms with van der Waals surface area (Å²) in [5, 5.41) is 5.28. The van der Waals surface area contributed by atoms with Crippen LogP contribution in [-0.4, -0.2) is 57.6 Å². The number of imide groups is 1. The summed E-state index contributed by atoms with van der Waals surface area (Å²) in [6.07, 6.45) is 6.53. The van der Waals surface area contributed by atoms with Gasteiger partial charge in [0, 0.05) is 56.1 Å². The van der Waals surface area contributed by atoms with Gasteiger partial charge < -0.3 is 15.1 Å². The second kappa shape index (κ2) is 10.3. The molecule has 2 aromatic rings. The van der Waals surface area contributed by atoms with Crippen molar-refractivity contribution in [1.29, 1.82) is 0 Å². The van der Waals surface area contributed by atoms with Crippen LogP contribution in [0.15, 0.2) is 30.6 Å². The van der Waals surface area contributed by atoms with Crippen LogP contribution < -0.4 is 15.5 Å². The van der Waals surface area contributed by atoms with Gasteiger partial charge in [0.25, 0.3) is 5.91 Å². The third kappa shape index (κ3) is 5.33. The minimum absolute atomic E-state index is 0.0534. The highest BCUT2D eigenvalue weighted by atomic mass is 16.2. The van der Waals surface area contributed by atoms with Crippen molar-refractivity contribution in [3.63, 3.8) is 0 Å². The highest BCUT2D eigenvalue weighted by Crippen LogP contribution is 2.30. The van der Waals surface area contributed by atoms with E-state index in [9.17, 15) is 19.2 Å². The number of hydrogen-bond donors (Lipinski definition) is 2. The van der Waals surface area contributed by atoms with E-state index in [1.807, 2.05) is 12.4 Å². The van der Waals surface area contributed by atoms with Crippen molar-refractivity contribution in [3.8, 4) is 0 Å². The van der Waals surface area contributed by atoms with Crippen LogP contribution in [0.3, 0.4) is 0 Å². The summed E-state index contributed by atoms with van der Waals surface area (Å²) in [4.78, 5) is 62.0. The molecule has 0 spiro atoms. The summed E-state index contributed by atoms with van der Waals surface area (Å²) in [7, 11) is 0. The molecule has 0 bridgehead atoms. The van der Waals surface area contributed by atoms with Gasteiger partial charge in [-0.3, -0.25) is 24.5 Å². The number of hydrogen-bond acceptors (Lipinski definition) is 7. The van der Waals surface area contributed by atoms with Gasteiger partial charge in [-0.15, -0.1) is 0 Å². The van der Waals surface area contributed by atoms with Crippen LogP contribution in [0.5, 0.6) is 0 Å². The molecule has 0 radical (unpaired) electrons. The SMILES string of the molecule is CC(C)c1cnc(N2CCC(CC(=O)Nc3ccc4c(c3)CN(C3CCC(=O)NC3=O)C4=O)CC2)nc1. The molecule has 1 aromatic heterocycles. The van der Waals surface area contributed by atoms with Crippen LogP contribution in [0, 0.1) is 5.92 Å². The van der Waals surface area contributed by atoms with Crippen molar-refractivity contribution in [2.45, 2.75) is 64.5 Å². The maximum Gasteiger partial charge on any atom is 0.255 e. The molecule has 2 fully saturated rings. The largest absolute Gasteiger partial charge is 0.341 e. The van der Waals surface area contributed by atoms with E-state index in [2.05, 4.69) is 39.3 Å². The first kappa shape index (κ1) is 24.9. The molecular formula is C27H32N6O4. The molecule has 1 atom stereocenters. The standard InChI is InChI=1S/C27H32N6O4/c1-16(2)19-13-28-27(29-14-19)32-9-7-17(8-10-32)11-24(35)30-20-3-4-21-18(12-20)15-33(26(21)37)22-5-6-23(34)31-25(22)36/h3-4,12-14,16-17,22H,5-11,15H2,1-2H3,(H,30,35)(H,31,34,36). The molecule has 1 unspecified atom stereocenters. The van der Waals surface area contributed by atoms with Gasteiger partial charge in [-0.2, -0.15) is 0 Å². The van der Waals surface area contributed by atoms with Crippen molar-refractivity contribution in [3.05, 3.63) is 47.3 Å². The fourth-order valence-electron chi connectivity index (χ4n) is 5.26. The van der Waals surface area contributed by atoms with Gasteiger partial charge in [0.15, 0.2) is 0 Å². The lowest BCUT2D eigenvalue weighted by atomic mass is 9.93. The Bertz CT molecular complexity index is 1220. The summed E-state index contributed by atoms with van der Waals surface area (Å²) in [5.74, 6) is 0.398. The molecule has 0 aliphatic carbocycles. The maximum atomic E-state index is 12.9. The van der Waals surface area contributed by atoms with Gasteiger partial charge in [0.05, 0.1) is 0 Å². The summed E-state index contributed by atoms with van der Waals surface area (Å²) in [6.45, 7) is 6.15. The van der Waals surface area contributed by atoms with Crippen molar-refractivity contribution in [1.82, 2.24) is 20.2 Å². The van der Waals surface area contributed by atoms with Crippen LogP contribution in [0.2, 0.25) is 0 Å². The Morgan fingerprint density at radius 1 is 1.11 bits per heavy atom. The van der Waals surface area contributed by atoms with Gasteiger partial charge in [-0.1, -0.05) is 13.8 Å². The lowest BCUT2D eigenvalue weighted by Crippen LogP contribution is -2.52. The van der Waals surface area contributed by atoms with E-state index in [1.54, 1.807) is 18.2 Å². The summed E-state index contributed by atoms with van der Waals surface area (Å²) in [6, 6.07) is 4.57. The first-order valence-corrected chi connectivity index (χ1v) is 12.9. The molecule has 2 saturated heterocycles. The summed E-state index contributed by atoms with van der Waals surface area (Å²) in [5.41, 5.74) is 3.05. The first-order valence-electron chi connectivity index (χ1n) is 12.9. The average Bonchev–Trinajstić information content (AvgIpc) is 3.19. The Kier molecular flexibility index (Phi) is 6.90. The van der Waals surface area contributed by atoms with Gasteiger partial charge in [-0.05, 0) is 60.4 Å². The van der Waals surface area contributed by atoms with Crippen molar-refractivity contribution in [2.75, 3.05) is 23.3 Å². The normalized spacial score (nSPS) is 20.3. The molecule has 2 N–H and O–H groups in total. The van der Waals surface area contributed by atoms with Crippen LogP contribution in [0.25, 0.3) is 0 Å². The number of benzene rings is 1. The monoisotopic (exact) mass is 504 g/mol. The van der Waals surface area contributed by atoms with Crippen LogP contribution in [0.1, 0.15) is 73.4 Å². The first-order chi connectivity index (χ1) is 17.8. The third-order valence-corrected chi connectivity index (χ3v) is 7.50. The van der Waals surface area contributed by atoms with Crippen molar-refractivity contribution < 1.29 is 19.2 Å². The molecule has 5 rings (SSSR count). The number of fused-ring (bicyclic) bond motifs is 1. The number of rotatable bonds is 6. The molecular weight excluding hydrogens is 472 g/mol. The van der Waals surface area contributed by atoms with Crippen LogP contribution in [-0.2, 0) is 20.9 Å². The Labute approximate surface area is 215 Å². The number of carbonyl (C=O) groups excluding carboxylic acids is 4. The van der Waals surface area contributed by atoms with E-state index >= 15 is 0 Å². The summed E-state index contributed by atoms with van der Waals surface area (Å²) < 4.78 is 0. The average molecular weight is 505 g/mol. The predicted octanol–water partition coefficient (Wildman–Crippen LogP) is 2.61. The van der Waals surface area contributed by atoms with E-state index < -0.39 is 11.9 Å². The molecule has 10 heteroatoms. The number of nitrogens with zero attached hydrogens (tertiary/aromatic N) is 4. The number of piperidine rings is 2. The van der Waals surface area contributed by atoms with E-state index in [1.165, 1.54) is 4.90 Å². The highest BCUT2D eigenvalue weighted by Gasteiger charge is 2.39. The molecule has 37 heavy (non-hydrogen) atoms. The molecule has 4 heterocycles. The smallest absolute Gasteiger partial charge is 0.255 e. The molecule has 3 aliphatic rings. The predicted molar refractivity (Wildman–Crippen MR) is 137 cm³/mol. The minimum atomic E-state index is -0.653. The zero-order valence-corrected chi connectivity index (χ0v) is 21.2. The van der Waals surface area contributed by atoms with E-state index in [0.29, 0.717) is 30.0 Å². The van der Waals surface area contributed by atoms with Crippen LogP contribution >= 0.6 is 0 Å². The number of carbonyl (C=O) groups is 4. The second-order valence-corrected chi connectivity index (χ2v) is 10.4. The van der Waals surface area contributed by atoms with Gasteiger partial charge in [0.1, 0.15) is 6.04 Å². The number of anilines is 2. The zero-order valence-electron chi connectivity index (χ0n) is 21.2. The molecule has 194 valence electrons. The highest BCUT2D eigenvalue weighted by molar-refractivity contribution is 6.05. The zero-order chi connectivity index (χ0) is 26.1. The Balaban J connectivity index is 1.13. The Hall–Kier alpha value is -3.82. The lowest BCUT2D eigenvalue weighted by molar-refractivity contribution is -0.137. The number of nitrogens with one attached hydrogen (secondary N) is 2. The number of amides is 4. The fourth-order valence-corrected chi connectivity index (χ4v) is 5.26. The quantitative estimate of drug-likeness (QED) is 0.580. The van der Waals surface area contributed by atoms with Gasteiger partial charge in [0.2, 0.25) is 23.7 Å². The van der Waals surface area contributed by atoms with Crippen molar-refractivity contribution >= 4 is 35.3 Å². The van der Waals surface area contributed by atoms with Gasteiger partial charge in [-0.25, -0.2) is 9.97 Å². The summed E-state index contributed by atoms with van der Waals surface area (Å²) >= 11 is 0. The molecule has 4 amide bonds. The van der Waals surface area contributed by atoms with Crippen molar-refractivity contribution in [2.24, 2.45) is 5.92 Å². The Morgan fingerprint density at radius 3 is 2.51 bits per heavy atom. The fraction of sp³-hybridized carbons (Fsp3) is 0.481. The van der Waals surface area contributed by atoms with Crippen LogP contribution in [0.4, 0.5) is 11.6 Å². The lowest BCUT2D eigenvalue weighted by Gasteiger charge is -2.31. The van der Waals surface area contributed by atoms with E-state index in [0.717, 1.165) is 43.0 Å². The maximum absolute atomic E-state index is 12.9.